The molecule has 0 aliphatic heterocycles. The smallest absolute Gasteiger partial charge is 0.251 e. The number of nitriles is 1. The maximum absolute atomic E-state index is 9.01. The number of aromatic nitrogens is 4. The number of rotatable bonds is 6. The van der Waals surface area contributed by atoms with Crippen molar-refractivity contribution in [2.75, 3.05) is 5.32 Å². The quantitative estimate of drug-likeness (QED) is 0.417. The van der Waals surface area contributed by atoms with Crippen molar-refractivity contribution in [1.82, 2.24) is 24.9 Å². The van der Waals surface area contributed by atoms with Gasteiger partial charge < -0.3 is 14.7 Å². The zero-order valence-electron chi connectivity index (χ0n) is 15.3. The average Bonchev–Trinajstić information content (AvgIpc) is 3.41. The molecule has 0 bridgehead atoms. The van der Waals surface area contributed by atoms with Gasteiger partial charge in [0.05, 0.1) is 22.9 Å². The Hall–Kier alpha value is -3.35. The molecule has 0 atom stereocenters. The molecule has 3 N–H and O–H groups in total. The highest BCUT2D eigenvalue weighted by Gasteiger charge is 2.30. The summed E-state index contributed by atoms with van der Waals surface area (Å²) in [6.45, 7) is 0. The maximum atomic E-state index is 9.01. The number of H-pyrrole nitrogens is 1. The maximum Gasteiger partial charge on any atom is 0.251 e. The SMILES string of the molecule is N#Cc1cccc(SNC2CC(Nc3c(-c4nnco4)cnc4[nH]ccc34)C2)c1. The summed E-state index contributed by atoms with van der Waals surface area (Å²) in [5, 5.41) is 21.5. The summed E-state index contributed by atoms with van der Waals surface area (Å²) in [7, 11) is 0. The molecule has 0 spiro atoms. The van der Waals surface area contributed by atoms with Crippen molar-refractivity contribution < 1.29 is 4.42 Å². The first-order valence-corrected chi connectivity index (χ1v) is 10.0. The Morgan fingerprint density at radius 3 is 3.00 bits per heavy atom. The number of pyridine rings is 1. The highest BCUT2D eigenvalue weighted by molar-refractivity contribution is 7.97. The highest BCUT2D eigenvalue weighted by Crippen LogP contribution is 2.36. The molecular formula is C20H17N7OS. The van der Waals surface area contributed by atoms with E-state index in [9.17, 15) is 0 Å². The zero-order valence-corrected chi connectivity index (χ0v) is 16.1. The van der Waals surface area contributed by atoms with Gasteiger partial charge in [-0.25, -0.2) is 4.98 Å². The van der Waals surface area contributed by atoms with E-state index in [0.717, 1.165) is 40.0 Å². The van der Waals surface area contributed by atoms with E-state index in [1.807, 2.05) is 36.5 Å². The molecule has 3 aromatic heterocycles. The van der Waals surface area contributed by atoms with Gasteiger partial charge in [-0.2, -0.15) is 5.26 Å². The Bertz CT molecular complexity index is 1180. The second-order valence-electron chi connectivity index (χ2n) is 6.90. The molecule has 1 aromatic carbocycles. The van der Waals surface area contributed by atoms with Gasteiger partial charge in [0.25, 0.3) is 5.89 Å². The predicted octanol–water partition coefficient (Wildman–Crippen LogP) is 3.72. The van der Waals surface area contributed by atoms with Gasteiger partial charge in [0.1, 0.15) is 5.65 Å². The number of aromatic amines is 1. The van der Waals surface area contributed by atoms with E-state index in [2.05, 4.69) is 36.3 Å². The summed E-state index contributed by atoms with van der Waals surface area (Å²) in [4.78, 5) is 8.62. The van der Waals surface area contributed by atoms with Crippen LogP contribution in [0.5, 0.6) is 0 Å². The summed E-state index contributed by atoms with van der Waals surface area (Å²) in [5.74, 6) is 0.449. The van der Waals surface area contributed by atoms with Gasteiger partial charge in [0, 0.05) is 34.8 Å². The molecule has 1 fully saturated rings. The molecule has 1 saturated carbocycles. The minimum atomic E-state index is 0.334. The van der Waals surface area contributed by atoms with Gasteiger partial charge in [0.2, 0.25) is 6.39 Å². The van der Waals surface area contributed by atoms with E-state index in [-0.39, 0.29) is 0 Å². The molecule has 5 rings (SSSR count). The standard InChI is InChI=1S/C20H17N7OS/c21-9-12-2-1-3-15(6-12)29-27-14-7-13(8-14)25-18-16-4-5-22-19(16)23-10-17(18)20-26-24-11-28-20/h1-6,10-11,13-14,27H,7-8H2,(H2,22,23,25). The summed E-state index contributed by atoms with van der Waals surface area (Å²) < 4.78 is 8.88. The fraction of sp³-hybridized carbons (Fsp3) is 0.200. The van der Waals surface area contributed by atoms with Crippen molar-refractivity contribution in [3.8, 4) is 17.5 Å². The lowest BCUT2D eigenvalue weighted by molar-refractivity contribution is 0.355. The van der Waals surface area contributed by atoms with E-state index in [0.29, 0.717) is 23.5 Å². The molecule has 144 valence electrons. The van der Waals surface area contributed by atoms with Crippen LogP contribution in [0.15, 0.2) is 58.4 Å². The number of hydrogen-bond acceptors (Lipinski definition) is 8. The summed E-state index contributed by atoms with van der Waals surface area (Å²) >= 11 is 1.57. The van der Waals surface area contributed by atoms with Crippen molar-refractivity contribution >= 4 is 28.7 Å². The molecule has 29 heavy (non-hydrogen) atoms. The Labute approximate surface area is 170 Å². The molecule has 0 saturated heterocycles. The molecule has 0 unspecified atom stereocenters. The van der Waals surface area contributed by atoms with Crippen molar-refractivity contribution in [3.05, 3.63) is 54.7 Å². The highest BCUT2D eigenvalue weighted by atomic mass is 32.2. The number of nitrogens with one attached hydrogen (secondary N) is 3. The minimum Gasteiger partial charge on any atom is -0.423 e. The fourth-order valence-corrected chi connectivity index (χ4v) is 4.26. The van der Waals surface area contributed by atoms with Gasteiger partial charge in [-0.3, -0.25) is 4.72 Å². The normalized spacial score (nSPS) is 18.3. The zero-order chi connectivity index (χ0) is 19.6. The van der Waals surface area contributed by atoms with Gasteiger partial charge >= 0.3 is 0 Å². The fourth-order valence-electron chi connectivity index (χ4n) is 3.43. The molecule has 1 aliphatic carbocycles. The summed E-state index contributed by atoms with van der Waals surface area (Å²) in [6, 6.07) is 12.5. The Morgan fingerprint density at radius 1 is 1.24 bits per heavy atom. The molecule has 8 nitrogen and oxygen atoms in total. The Kier molecular flexibility index (Phi) is 4.63. The number of anilines is 1. The van der Waals surface area contributed by atoms with Gasteiger partial charge in [0.15, 0.2) is 0 Å². The third-order valence-corrected chi connectivity index (χ3v) is 5.91. The molecule has 0 amide bonds. The largest absolute Gasteiger partial charge is 0.423 e. The predicted molar refractivity (Wildman–Crippen MR) is 110 cm³/mol. The number of fused-ring (bicyclic) bond motifs is 1. The van der Waals surface area contributed by atoms with Gasteiger partial charge in [-0.05, 0) is 49.1 Å². The van der Waals surface area contributed by atoms with Crippen LogP contribution in [0.3, 0.4) is 0 Å². The summed E-state index contributed by atoms with van der Waals surface area (Å²) in [5.41, 5.74) is 3.25. The van der Waals surface area contributed by atoms with Crippen molar-refractivity contribution in [2.45, 2.75) is 29.8 Å². The first kappa shape index (κ1) is 17.7. The topological polar surface area (TPSA) is 115 Å². The van der Waals surface area contributed by atoms with Crippen LogP contribution < -0.4 is 10.0 Å². The van der Waals surface area contributed by atoms with E-state index in [4.69, 9.17) is 9.68 Å². The van der Waals surface area contributed by atoms with Crippen LogP contribution in [-0.2, 0) is 0 Å². The van der Waals surface area contributed by atoms with Crippen molar-refractivity contribution in [1.29, 1.82) is 5.26 Å². The third kappa shape index (κ3) is 3.55. The van der Waals surface area contributed by atoms with E-state index < -0.39 is 0 Å². The average molecular weight is 403 g/mol. The van der Waals surface area contributed by atoms with Crippen LogP contribution in [0.4, 0.5) is 5.69 Å². The number of hydrogen-bond donors (Lipinski definition) is 3. The Morgan fingerprint density at radius 2 is 2.17 bits per heavy atom. The second kappa shape index (κ2) is 7.58. The van der Waals surface area contributed by atoms with Crippen molar-refractivity contribution in [2.24, 2.45) is 0 Å². The summed E-state index contributed by atoms with van der Waals surface area (Å²) in [6.07, 6.45) is 6.92. The molecule has 0 radical (unpaired) electrons. The van der Waals surface area contributed by atoms with Crippen LogP contribution in [-0.4, -0.2) is 32.2 Å². The molecule has 3 heterocycles. The third-order valence-electron chi connectivity index (χ3n) is 4.97. The van der Waals surface area contributed by atoms with Crippen molar-refractivity contribution in [3.63, 3.8) is 0 Å². The van der Waals surface area contributed by atoms with Crippen LogP contribution in [0.25, 0.3) is 22.5 Å². The lowest BCUT2D eigenvalue weighted by Gasteiger charge is -2.37. The van der Waals surface area contributed by atoms with E-state index >= 15 is 0 Å². The molecular weight excluding hydrogens is 386 g/mol. The lowest BCUT2D eigenvalue weighted by atomic mass is 9.87. The first-order valence-electron chi connectivity index (χ1n) is 9.22. The van der Waals surface area contributed by atoms with Gasteiger partial charge in [-0.1, -0.05) is 6.07 Å². The van der Waals surface area contributed by atoms with Crippen LogP contribution in [0, 0.1) is 11.3 Å². The Balaban J connectivity index is 1.26. The van der Waals surface area contributed by atoms with Crippen LogP contribution in [0.1, 0.15) is 18.4 Å². The second-order valence-corrected chi connectivity index (χ2v) is 7.81. The number of nitrogens with zero attached hydrogens (tertiary/aromatic N) is 4. The monoisotopic (exact) mass is 403 g/mol. The van der Waals surface area contributed by atoms with Crippen LogP contribution >= 0.6 is 11.9 Å². The number of benzene rings is 1. The minimum absolute atomic E-state index is 0.334. The van der Waals surface area contributed by atoms with E-state index in [1.54, 1.807) is 18.1 Å². The van der Waals surface area contributed by atoms with E-state index in [1.165, 1.54) is 6.39 Å². The molecule has 4 aromatic rings. The first-order chi connectivity index (χ1) is 14.3. The molecule has 9 heteroatoms. The lowest BCUT2D eigenvalue weighted by Crippen LogP contribution is -2.45. The molecule has 1 aliphatic rings. The van der Waals surface area contributed by atoms with Gasteiger partial charge in [-0.15, -0.1) is 10.2 Å². The van der Waals surface area contributed by atoms with Crippen LogP contribution in [0.2, 0.25) is 0 Å².